The molecule has 1 aromatic heterocycles. The smallest absolute Gasteiger partial charge is 0.124 e. The summed E-state index contributed by atoms with van der Waals surface area (Å²) < 4.78 is 5.41. The Morgan fingerprint density at radius 1 is 1.29 bits per heavy atom. The van der Waals surface area contributed by atoms with Crippen LogP contribution in [0.1, 0.15) is 36.5 Å². The van der Waals surface area contributed by atoms with Gasteiger partial charge >= 0.3 is 0 Å². The molecule has 0 radical (unpaired) electrons. The van der Waals surface area contributed by atoms with Crippen molar-refractivity contribution in [1.82, 2.24) is 15.3 Å². The molecular weight excluding hydrogens is 262 g/mol. The van der Waals surface area contributed by atoms with Gasteiger partial charge in [-0.05, 0) is 25.3 Å². The minimum Gasteiger partial charge on any atom is -0.380 e. The van der Waals surface area contributed by atoms with Gasteiger partial charge in [-0.15, -0.1) is 0 Å². The summed E-state index contributed by atoms with van der Waals surface area (Å²) in [6.07, 6.45) is 2.32. The van der Waals surface area contributed by atoms with Crippen LogP contribution in [0.3, 0.4) is 0 Å². The van der Waals surface area contributed by atoms with Crippen LogP contribution < -0.4 is 5.32 Å². The van der Waals surface area contributed by atoms with E-state index in [0.29, 0.717) is 0 Å². The number of imidazole rings is 1. The zero-order valence-electron chi connectivity index (χ0n) is 12.9. The van der Waals surface area contributed by atoms with Gasteiger partial charge in [0.1, 0.15) is 5.82 Å². The van der Waals surface area contributed by atoms with Crippen molar-refractivity contribution in [2.75, 3.05) is 13.7 Å². The predicted molar refractivity (Wildman–Crippen MR) is 84.3 cm³/mol. The molecule has 2 aromatic rings. The highest BCUT2D eigenvalue weighted by molar-refractivity contribution is 5.62. The molecule has 0 saturated carbocycles. The van der Waals surface area contributed by atoms with Crippen LogP contribution in [0, 0.1) is 6.92 Å². The second-order valence-corrected chi connectivity index (χ2v) is 5.70. The highest BCUT2D eigenvalue weighted by atomic mass is 16.5. The molecule has 2 heterocycles. The van der Waals surface area contributed by atoms with Crippen LogP contribution in [0.15, 0.2) is 24.3 Å². The average molecular weight is 285 g/mol. The van der Waals surface area contributed by atoms with Crippen LogP contribution in [-0.2, 0) is 11.2 Å². The van der Waals surface area contributed by atoms with Crippen molar-refractivity contribution in [1.29, 1.82) is 0 Å². The van der Waals surface area contributed by atoms with Crippen molar-refractivity contribution in [3.05, 3.63) is 41.3 Å². The predicted octanol–water partition coefficient (Wildman–Crippen LogP) is 3.00. The third kappa shape index (κ3) is 2.87. The Labute approximate surface area is 125 Å². The van der Waals surface area contributed by atoms with Crippen LogP contribution >= 0.6 is 0 Å². The lowest BCUT2D eigenvalue weighted by Gasteiger charge is -2.06. The maximum absolute atomic E-state index is 5.41. The standard InChI is InChI=1S/C17H23N3O/c1-4-12-5-7-13(8-6-12)16-11(2)19-17(20-16)15-9-14(21-3)10-18-15/h5-8,14-15,18H,4,9-10H2,1-3H3,(H,19,20). The fraction of sp³-hybridized carbons (Fsp3) is 0.471. The molecule has 0 spiro atoms. The number of aromatic amines is 1. The fourth-order valence-electron chi connectivity index (χ4n) is 2.92. The van der Waals surface area contributed by atoms with Gasteiger partial charge in [0.25, 0.3) is 0 Å². The fourth-order valence-corrected chi connectivity index (χ4v) is 2.92. The van der Waals surface area contributed by atoms with Crippen molar-refractivity contribution in [2.45, 2.75) is 38.8 Å². The number of aryl methyl sites for hydroxylation is 2. The van der Waals surface area contributed by atoms with E-state index in [1.807, 2.05) is 0 Å². The molecule has 2 unspecified atom stereocenters. The van der Waals surface area contributed by atoms with E-state index in [2.05, 4.69) is 48.4 Å². The summed E-state index contributed by atoms with van der Waals surface area (Å²) in [5.41, 5.74) is 4.70. The van der Waals surface area contributed by atoms with Gasteiger partial charge in [0.2, 0.25) is 0 Å². The molecule has 112 valence electrons. The lowest BCUT2D eigenvalue weighted by molar-refractivity contribution is 0.117. The van der Waals surface area contributed by atoms with Gasteiger partial charge in [0, 0.05) is 24.9 Å². The second-order valence-electron chi connectivity index (χ2n) is 5.70. The quantitative estimate of drug-likeness (QED) is 0.908. The first-order chi connectivity index (χ1) is 10.2. The Kier molecular flexibility index (Phi) is 4.08. The first kappa shape index (κ1) is 14.3. The van der Waals surface area contributed by atoms with E-state index in [1.165, 1.54) is 11.1 Å². The number of nitrogens with one attached hydrogen (secondary N) is 2. The van der Waals surface area contributed by atoms with E-state index < -0.39 is 0 Å². The maximum atomic E-state index is 5.41. The first-order valence-electron chi connectivity index (χ1n) is 7.63. The number of aromatic nitrogens is 2. The summed E-state index contributed by atoms with van der Waals surface area (Å²) in [4.78, 5) is 8.24. The molecule has 0 bridgehead atoms. The van der Waals surface area contributed by atoms with Crippen LogP contribution in [0.5, 0.6) is 0 Å². The Bertz CT molecular complexity index is 603. The average Bonchev–Trinajstić information content (AvgIpc) is 3.13. The van der Waals surface area contributed by atoms with Gasteiger partial charge in [0.05, 0.1) is 17.8 Å². The van der Waals surface area contributed by atoms with E-state index in [9.17, 15) is 0 Å². The molecule has 2 N–H and O–H groups in total. The molecule has 4 heteroatoms. The molecule has 1 saturated heterocycles. The molecule has 1 aliphatic heterocycles. The minimum atomic E-state index is 0.261. The summed E-state index contributed by atoms with van der Waals surface area (Å²) in [6.45, 7) is 5.15. The van der Waals surface area contributed by atoms with E-state index in [4.69, 9.17) is 9.72 Å². The maximum Gasteiger partial charge on any atom is 0.124 e. The van der Waals surface area contributed by atoms with Gasteiger partial charge in [-0.1, -0.05) is 31.2 Å². The number of benzene rings is 1. The summed E-state index contributed by atoms with van der Waals surface area (Å²) in [5, 5.41) is 3.47. The molecule has 1 aliphatic rings. The third-order valence-corrected chi connectivity index (χ3v) is 4.29. The Morgan fingerprint density at radius 2 is 2.05 bits per heavy atom. The summed E-state index contributed by atoms with van der Waals surface area (Å²) in [7, 11) is 1.77. The molecule has 4 nitrogen and oxygen atoms in total. The Balaban J connectivity index is 1.84. The highest BCUT2D eigenvalue weighted by Crippen LogP contribution is 2.27. The van der Waals surface area contributed by atoms with Gasteiger partial charge in [-0.3, -0.25) is 0 Å². The second kappa shape index (κ2) is 6.00. The van der Waals surface area contributed by atoms with E-state index in [1.54, 1.807) is 7.11 Å². The number of rotatable bonds is 4. The Morgan fingerprint density at radius 3 is 2.67 bits per heavy atom. The molecule has 3 rings (SSSR count). The molecule has 21 heavy (non-hydrogen) atoms. The van der Waals surface area contributed by atoms with Gasteiger partial charge in [0.15, 0.2) is 0 Å². The lowest BCUT2D eigenvalue weighted by Crippen LogP contribution is -2.16. The molecule has 0 amide bonds. The van der Waals surface area contributed by atoms with E-state index in [0.717, 1.165) is 36.6 Å². The topological polar surface area (TPSA) is 49.9 Å². The van der Waals surface area contributed by atoms with Gasteiger partial charge in [-0.25, -0.2) is 4.98 Å². The van der Waals surface area contributed by atoms with Crippen LogP contribution in [0.25, 0.3) is 11.3 Å². The first-order valence-corrected chi connectivity index (χ1v) is 7.63. The number of H-pyrrole nitrogens is 1. The summed E-state index contributed by atoms with van der Waals surface area (Å²) in [6, 6.07) is 8.94. The minimum absolute atomic E-state index is 0.261. The van der Waals surface area contributed by atoms with Crippen molar-refractivity contribution < 1.29 is 4.74 Å². The number of hydrogen-bond acceptors (Lipinski definition) is 3. The zero-order valence-corrected chi connectivity index (χ0v) is 12.9. The number of hydrogen-bond donors (Lipinski definition) is 2. The highest BCUT2D eigenvalue weighted by Gasteiger charge is 2.27. The van der Waals surface area contributed by atoms with Gasteiger partial charge < -0.3 is 15.0 Å². The number of nitrogens with zero attached hydrogens (tertiary/aromatic N) is 1. The van der Waals surface area contributed by atoms with Crippen LogP contribution in [0.2, 0.25) is 0 Å². The van der Waals surface area contributed by atoms with Crippen LogP contribution in [0.4, 0.5) is 0 Å². The molecule has 1 aromatic carbocycles. The molecule has 1 fully saturated rings. The third-order valence-electron chi connectivity index (χ3n) is 4.29. The van der Waals surface area contributed by atoms with Crippen molar-refractivity contribution in [3.63, 3.8) is 0 Å². The summed E-state index contributed by atoms with van der Waals surface area (Å²) >= 11 is 0. The monoisotopic (exact) mass is 285 g/mol. The Hall–Kier alpha value is -1.65. The molecular formula is C17H23N3O. The normalized spacial score (nSPS) is 21.9. The lowest BCUT2D eigenvalue weighted by atomic mass is 10.1. The van der Waals surface area contributed by atoms with E-state index >= 15 is 0 Å². The van der Waals surface area contributed by atoms with Crippen molar-refractivity contribution in [2.24, 2.45) is 0 Å². The summed E-state index contributed by atoms with van der Waals surface area (Å²) in [5.74, 6) is 1.02. The van der Waals surface area contributed by atoms with Gasteiger partial charge in [-0.2, -0.15) is 0 Å². The number of ether oxygens (including phenoxy) is 1. The van der Waals surface area contributed by atoms with Crippen LogP contribution in [-0.4, -0.2) is 29.7 Å². The molecule has 0 aliphatic carbocycles. The zero-order chi connectivity index (χ0) is 14.8. The molecule has 2 atom stereocenters. The van der Waals surface area contributed by atoms with E-state index in [-0.39, 0.29) is 12.1 Å². The van der Waals surface area contributed by atoms with Crippen molar-refractivity contribution in [3.8, 4) is 11.3 Å². The largest absolute Gasteiger partial charge is 0.380 e. The van der Waals surface area contributed by atoms with Crippen molar-refractivity contribution >= 4 is 0 Å². The number of methoxy groups -OCH3 is 1. The SMILES string of the molecule is CCc1ccc(-c2nc(C3CC(OC)CN3)[nH]c2C)cc1.